The first-order valence-electron chi connectivity index (χ1n) is 12.6. The van der Waals surface area contributed by atoms with Crippen LogP contribution < -0.4 is 11.3 Å². The highest BCUT2D eigenvalue weighted by Crippen LogP contribution is 2.36. The maximum absolute atomic E-state index is 14.2. The summed E-state index contributed by atoms with van der Waals surface area (Å²) < 4.78 is 17.3. The normalized spacial score (nSPS) is 12.1. The monoisotopic (exact) mass is 533 g/mol. The van der Waals surface area contributed by atoms with Crippen LogP contribution in [0, 0.1) is 5.82 Å². The summed E-state index contributed by atoms with van der Waals surface area (Å²) in [4.78, 5) is 22.4. The summed E-state index contributed by atoms with van der Waals surface area (Å²) in [5.74, 6) is -0.723. The van der Waals surface area contributed by atoms with E-state index in [1.165, 1.54) is 23.1 Å². The van der Waals surface area contributed by atoms with E-state index in [0.717, 1.165) is 17.2 Å². The first kappa shape index (κ1) is 24.9. The van der Waals surface area contributed by atoms with Crippen LogP contribution in [0.3, 0.4) is 0 Å². The molecule has 0 aliphatic carbocycles. The van der Waals surface area contributed by atoms with E-state index >= 15 is 0 Å². The molecule has 3 heterocycles. The molecule has 3 N–H and O–H groups in total. The first-order valence-corrected chi connectivity index (χ1v) is 12.6. The third-order valence-electron chi connectivity index (χ3n) is 6.80. The van der Waals surface area contributed by atoms with E-state index < -0.39 is 11.9 Å². The molecule has 0 fully saturated rings. The van der Waals surface area contributed by atoms with E-state index in [-0.39, 0.29) is 17.1 Å². The maximum Gasteiger partial charge on any atom is 0.275 e. The van der Waals surface area contributed by atoms with Crippen molar-refractivity contribution in [2.75, 3.05) is 5.73 Å². The van der Waals surface area contributed by atoms with E-state index in [1.807, 2.05) is 67.6 Å². The minimum atomic E-state index is -0.626. The molecule has 10 heteroatoms. The molecule has 0 saturated carbocycles. The summed E-state index contributed by atoms with van der Waals surface area (Å²) in [6, 6.07) is 22.2. The molecular formula is C30H24FN7O2. The lowest BCUT2D eigenvalue weighted by Crippen LogP contribution is -2.27. The summed E-state index contributed by atoms with van der Waals surface area (Å²) in [7, 11) is 0. The fourth-order valence-corrected chi connectivity index (χ4v) is 4.89. The number of halogens is 1. The van der Waals surface area contributed by atoms with Crippen LogP contribution in [0.15, 0.2) is 96.2 Å². The number of hydrogen-bond donors (Lipinski definition) is 2. The van der Waals surface area contributed by atoms with Crippen molar-refractivity contribution < 1.29 is 9.50 Å². The van der Waals surface area contributed by atoms with Crippen LogP contribution in [0.25, 0.3) is 33.4 Å². The minimum absolute atomic E-state index is 0.155. The van der Waals surface area contributed by atoms with E-state index in [1.54, 1.807) is 10.9 Å². The quantitative estimate of drug-likeness (QED) is 0.315. The second-order valence-corrected chi connectivity index (χ2v) is 9.41. The van der Waals surface area contributed by atoms with E-state index in [9.17, 15) is 14.3 Å². The fourth-order valence-electron chi connectivity index (χ4n) is 4.89. The van der Waals surface area contributed by atoms with Crippen molar-refractivity contribution in [1.82, 2.24) is 29.5 Å². The molecule has 9 nitrogen and oxygen atoms in total. The van der Waals surface area contributed by atoms with Crippen LogP contribution in [0.1, 0.15) is 24.1 Å². The number of fused-ring (bicyclic) bond motifs is 1. The molecule has 0 aliphatic rings. The van der Waals surface area contributed by atoms with Gasteiger partial charge in [0.25, 0.3) is 5.56 Å². The number of hydrogen-bond acceptors (Lipinski definition) is 7. The van der Waals surface area contributed by atoms with Crippen LogP contribution in [-0.4, -0.2) is 34.6 Å². The zero-order valence-corrected chi connectivity index (χ0v) is 21.4. The Hall–Kier alpha value is -5.38. The zero-order valence-electron chi connectivity index (χ0n) is 21.4. The van der Waals surface area contributed by atoms with Gasteiger partial charge in [-0.15, -0.1) is 0 Å². The first-order chi connectivity index (χ1) is 19.4. The van der Waals surface area contributed by atoms with Gasteiger partial charge in [-0.1, -0.05) is 60.7 Å². The Morgan fingerprint density at radius 2 is 1.70 bits per heavy atom. The van der Waals surface area contributed by atoms with Crippen molar-refractivity contribution >= 4 is 16.9 Å². The van der Waals surface area contributed by atoms with Crippen molar-refractivity contribution in [1.29, 1.82) is 0 Å². The number of aromatic nitrogens is 6. The van der Waals surface area contributed by atoms with Gasteiger partial charge in [-0.2, -0.15) is 10.2 Å². The topological polar surface area (TPSA) is 125 Å². The molecule has 40 heavy (non-hydrogen) atoms. The Morgan fingerprint density at radius 1 is 0.975 bits per heavy atom. The number of anilines is 1. The lowest BCUT2D eigenvalue weighted by atomic mass is 9.98. The largest absolute Gasteiger partial charge is 0.508 e. The molecule has 0 aliphatic heterocycles. The van der Waals surface area contributed by atoms with Gasteiger partial charge >= 0.3 is 0 Å². The van der Waals surface area contributed by atoms with E-state index in [0.29, 0.717) is 40.0 Å². The SMILES string of the molecule is CC(c1cnn(Cc2ccccc2)c(=O)c1-c1ccccc1)n1nc(-c2cc(O)cc(F)c2)c2c(N)ncnc21. The molecule has 1 atom stereocenters. The van der Waals surface area contributed by atoms with Gasteiger partial charge in [0.05, 0.1) is 29.7 Å². The Bertz CT molecular complexity index is 1880. The van der Waals surface area contributed by atoms with E-state index in [2.05, 4.69) is 15.1 Å². The molecular weight excluding hydrogens is 509 g/mol. The number of benzene rings is 3. The molecule has 3 aromatic heterocycles. The molecule has 0 saturated heterocycles. The third kappa shape index (κ3) is 4.45. The number of phenols is 1. The Kier molecular flexibility index (Phi) is 6.27. The predicted molar refractivity (Wildman–Crippen MR) is 150 cm³/mol. The molecule has 3 aromatic carbocycles. The van der Waals surface area contributed by atoms with Crippen molar-refractivity contribution in [3.8, 4) is 28.1 Å². The Balaban J connectivity index is 1.55. The summed E-state index contributed by atoms with van der Waals surface area (Å²) in [5.41, 5.74) is 9.79. The average Bonchev–Trinajstić information content (AvgIpc) is 3.35. The highest BCUT2D eigenvalue weighted by molar-refractivity contribution is 5.98. The molecule has 0 spiro atoms. The molecule has 0 bridgehead atoms. The van der Waals surface area contributed by atoms with Crippen LogP contribution in [0.2, 0.25) is 0 Å². The molecule has 6 aromatic rings. The second-order valence-electron chi connectivity index (χ2n) is 9.41. The van der Waals surface area contributed by atoms with Crippen LogP contribution >= 0.6 is 0 Å². The van der Waals surface area contributed by atoms with Gasteiger partial charge in [-0.05, 0) is 30.2 Å². The average molecular weight is 534 g/mol. The van der Waals surface area contributed by atoms with Crippen LogP contribution in [0.4, 0.5) is 10.2 Å². The second kappa shape index (κ2) is 10.1. The standard InChI is InChI=1S/C30H24FN7O2/c1-18(38-29-26(28(32)33-17-34-29)27(36-38)21-12-22(31)14-23(39)13-21)24-15-35-37(16-19-8-4-2-5-9-19)30(40)25(24)20-10-6-3-7-11-20/h2-15,17-18,39H,16H2,1H3,(H2,32,33,34). The third-order valence-corrected chi connectivity index (χ3v) is 6.80. The summed E-state index contributed by atoms with van der Waals surface area (Å²) in [6.45, 7) is 2.19. The molecule has 6 rings (SSSR count). The zero-order chi connectivity index (χ0) is 27.8. The predicted octanol–water partition coefficient (Wildman–Crippen LogP) is 4.80. The highest BCUT2D eigenvalue weighted by atomic mass is 19.1. The number of rotatable bonds is 6. The van der Waals surface area contributed by atoms with Gasteiger partial charge in [0.2, 0.25) is 0 Å². The summed E-state index contributed by atoms with van der Waals surface area (Å²) in [6.07, 6.45) is 2.99. The summed E-state index contributed by atoms with van der Waals surface area (Å²) >= 11 is 0. The number of nitrogen functional groups attached to an aromatic ring is 1. The van der Waals surface area contributed by atoms with Gasteiger partial charge in [0.1, 0.15) is 29.4 Å². The van der Waals surface area contributed by atoms with Gasteiger partial charge in [0.15, 0.2) is 5.65 Å². The van der Waals surface area contributed by atoms with Gasteiger partial charge in [-0.25, -0.2) is 23.7 Å². The lowest BCUT2D eigenvalue weighted by molar-refractivity contribution is 0.469. The minimum Gasteiger partial charge on any atom is -0.508 e. The smallest absolute Gasteiger partial charge is 0.275 e. The number of nitrogens with zero attached hydrogens (tertiary/aromatic N) is 6. The van der Waals surface area contributed by atoms with Crippen LogP contribution in [-0.2, 0) is 6.54 Å². The van der Waals surface area contributed by atoms with Gasteiger partial charge < -0.3 is 10.8 Å². The Morgan fingerprint density at radius 3 is 2.42 bits per heavy atom. The van der Waals surface area contributed by atoms with Gasteiger partial charge in [-0.3, -0.25) is 4.79 Å². The lowest BCUT2D eigenvalue weighted by Gasteiger charge is -2.18. The maximum atomic E-state index is 14.2. The van der Waals surface area contributed by atoms with E-state index in [4.69, 9.17) is 10.8 Å². The number of nitrogens with two attached hydrogens (primary N) is 1. The highest BCUT2D eigenvalue weighted by Gasteiger charge is 2.25. The molecule has 198 valence electrons. The van der Waals surface area contributed by atoms with Crippen molar-refractivity contribution in [3.63, 3.8) is 0 Å². The molecule has 0 amide bonds. The van der Waals surface area contributed by atoms with Crippen molar-refractivity contribution in [3.05, 3.63) is 119 Å². The number of phenolic OH excluding ortho intramolecular Hbond substituents is 1. The Labute approximate surface area is 228 Å². The van der Waals surface area contributed by atoms with Crippen molar-refractivity contribution in [2.24, 2.45) is 0 Å². The van der Waals surface area contributed by atoms with Gasteiger partial charge in [0, 0.05) is 17.2 Å². The van der Waals surface area contributed by atoms with Crippen molar-refractivity contribution in [2.45, 2.75) is 19.5 Å². The van der Waals surface area contributed by atoms with Crippen LogP contribution in [0.5, 0.6) is 5.75 Å². The number of aromatic hydroxyl groups is 1. The summed E-state index contributed by atoms with van der Waals surface area (Å²) in [5, 5.41) is 19.7. The molecule has 1 unspecified atom stereocenters. The molecule has 0 radical (unpaired) electrons. The fraction of sp³-hybridized carbons (Fsp3) is 0.100.